The van der Waals surface area contributed by atoms with Gasteiger partial charge in [0.25, 0.3) is 5.56 Å². The molecule has 0 saturated heterocycles. The van der Waals surface area contributed by atoms with Crippen LogP contribution in [0.1, 0.15) is 30.9 Å². The van der Waals surface area contributed by atoms with Crippen molar-refractivity contribution in [3.8, 4) is 5.75 Å². The van der Waals surface area contributed by atoms with Crippen LogP contribution in [0.3, 0.4) is 0 Å². The first kappa shape index (κ1) is 18.0. The lowest BCUT2D eigenvalue weighted by Crippen LogP contribution is -2.37. The van der Waals surface area contributed by atoms with Gasteiger partial charge in [0.15, 0.2) is 11.2 Å². The van der Waals surface area contributed by atoms with Gasteiger partial charge in [0.05, 0.1) is 12.9 Å². The molecule has 0 radical (unpaired) electrons. The first-order valence-electron chi connectivity index (χ1n) is 8.65. The molecule has 0 aliphatic rings. The molecule has 0 atom stereocenters. The lowest BCUT2D eigenvalue weighted by atomic mass is 9.98. The molecule has 3 rings (SSSR count). The molecule has 138 valence electrons. The Morgan fingerprint density at radius 3 is 2.54 bits per heavy atom. The van der Waals surface area contributed by atoms with Crippen molar-refractivity contribution >= 4 is 11.2 Å². The number of benzene rings is 1. The summed E-state index contributed by atoms with van der Waals surface area (Å²) in [6, 6.07) is 6.09. The fourth-order valence-corrected chi connectivity index (χ4v) is 3.21. The van der Waals surface area contributed by atoms with Gasteiger partial charge in [0.1, 0.15) is 12.4 Å². The summed E-state index contributed by atoms with van der Waals surface area (Å²) < 4.78 is 10.0. The van der Waals surface area contributed by atoms with Gasteiger partial charge in [-0.3, -0.25) is 13.9 Å². The number of hydrogen-bond acceptors (Lipinski definition) is 4. The Morgan fingerprint density at radius 2 is 1.88 bits per heavy atom. The van der Waals surface area contributed by atoms with Gasteiger partial charge in [-0.1, -0.05) is 19.9 Å². The van der Waals surface area contributed by atoms with Crippen LogP contribution in [0, 0.1) is 6.92 Å². The Labute approximate surface area is 151 Å². The van der Waals surface area contributed by atoms with Gasteiger partial charge in [0.2, 0.25) is 0 Å². The van der Waals surface area contributed by atoms with Gasteiger partial charge in [-0.15, -0.1) is 0 Å². The van der Waals surface area contributed by atoms with E-state index in [1.807, 2.05) is 12.1 Å². The molecule has 0 fully saturated rings. The van der Waals surface area contributed by atoms with Crippen molar-refractivity contribution in [3.63, 3.8) is 0 Å². The molecule has 0 spiro atoms. The Morgan fingerprint density at radius 1 is 1.15 bits per heavy atom. The smallest absolute Gasteiger partial charge is 0.332 e. The summed E-state index contributed by atoms with van der Waals surface area (Å²) in [7, 11) is 3.08. The number of imidazole rings is 1. The second-order valence-corrected chi connectivity index (χ2v) is 6.84. The van der Waals surface area contributed by atoms with Crippen LogP contribution in [-0.4, -0.2) is 25.3 Å². The summed E-state index contributed by atoms with van der Waals surface area (Å²) in [5, 5.41) is 0. The normalized spacial score (nSPS) is 11.5. The van der Waals surface area contributed by atoms with E-state index in [0.717, 1.165) is 10.3 Å². The number of rotatable bonds is 5. The van der Waals surface area contributed by atoms with Crippen LogP contribution >= 0.6 is 0 Å². The number of nitrogens with zero attached hydrogens (tertiary/aromatic N) is 4. The van der Waals surface area contributed by atoms with Crippen LogP contribution in [0.4, 0.5) is 0 Å². The molecule has 0 amide bonds. The van der Waals surface area contributed by atoms with Crippen molar-refractivity contribution in [1.82, 2.24) is 18.7 Å². The molecule has 0 aliphatic heterocycles. The minimum atomic E-state index is -0.385. The summed E-state index contributed by atoms with van der Waals surface area (Å²) >= 11 is 0. The van der Waals surface area contributed by atoms with Crippen molar-refractivity contribution in [2.45, 2.75) is 33.2 Å². The van der Waals surface area contributed by atoms with Gasteiger partial charge in [-0.25, -0.2) is 9.78 Å². The fraction of sp³-hybridized carbons (Fsp3) is 0.421. The molecule has 0 aliphatic carbocycles. The minimum absolute atomic E-state index is 0.349. The van der Waals surface area contributed by atoms with Crippen LogP contribution in [0.5, 0.6) is 5.75 Å². The highest BCUT2D eigenvalue weighted by atomic mass is 16.5. The average molecular weight is 356 g/mol. The number of ether oxygens (including phenoxy) is 1. The zero-order chi connectivity index (χ0) is 19.0. The Hall–Kier alpha value is -2.83. The molecular formula is C19H24N4O3. The van der Waals surface area contributed by atoms with Crippen LogP contribution in [-0.2, 0) is 20.6 Å². The summed E-state index contributed by atoms with van der Waals surface area (Å²) in [5.41, 5.74) is 2.57. The minimum Gasteiger partial charge on any atom is -0.492 e. The molecule has 26 heavy (non-hydrogen) atoms. The maximum absolute atomic E-state index is 12.4. The van der Waals surface area contributed by atoms with E-state index in [4.69, 9.17) is 4.74 Å². The first-order valence-corrected chi connectivity index (χ1v) is 8.65. The molecule has 2 aromatic heterocycles. The van der Waals surface area contributed by atoms with E-state index in [1.54, 1.807) is 17.9 Å². The maximum Gasteiger partial charge on any atom is 0.332 e. The van der Waals surface area contributed by atoms with Gasteiger partial charge >= 0.3 is 5.69 Å². The quantitative estimate of drug-likeness (QED) is 0.700. The molecule has 7 heteroatoms. The largest absolute Gasteiger partial charge is 0.492 e. The third kappa shape index (κ3) is 3.05. The van der Waals surface area contributed by atoms with Crippen LogP contribution in [0.25, 0.3) is 11.2 Å². The SMILES string of the molecule is Cc1cc(OCCn2cnc3c2c(=O)n(C)c(=O)n3C)ccc1C(C)C. The van der Waals surface area contributed by atoms with Gasteiger partial charge in [0, 0.05) is 14.1 Å². The molecule has 0 N–H and O–H groups in total. The first-order chi connectivity index (χ1) is 12.3. The fourth-order valence-electron chi connectivity index (χ4n) is 3.21. The molecule has 7 nitrogen and oxygen atoms in total. The van der Waals surface area contributed by atoms with Crippen molar-refractivity contribution in [1.29, 1.82) is 0 Å². The van der Waals surface area contributed by atoms with Crippen LogP contribution in [0.2, 0.25) is 0 Å². The van der Waals surface area contributed by atoms with Crippen molar-refractivity contribution in [2.75, 3.05) is 6.61 Å². The predicted octanol–water partition coefficient (Wildman–Crippen LogP) is 1.94. The van der Waals surface area contributed by atoms with E-state index in [-0.39, 0.29) is 11.2 Å². The lowest BCUT2D eigenvalue weighted by Gasteiger charge is -2.13. The summed E-state index contributed by atoms with van der Waals surface area (Å²) in [4.78, 5) is 28.6. The zero-order valence-corrected chi connectivity index (χ0v) is 15.8. The Bertz CT molecular complexity index is 1070. The standard InChI is InChI=1S/C19H24N4O3/c1-12(2)15-7-6-14(10-13(15)3)26-9-8-23-11-20-17-16(23)18(24)22(5)19(25)21(17)4/h6-7,10-12H,8-9H2,1-5H3. The summed E-state index contributed by atoms with van der Waals surface area (Å²) in [6.07, 6.45) is 1.57. The lowest BCUT2D eigenvalue weighted by molar-refractivity contribution is 0.299. The third-order valence-corrected chi connectivity index (χ3v) is 4.68. The number of aromatic nitrogens is 4. The number of aryl methyl sites for hydroxylation is 2. The highest BCUT2D eigenvalue weighted by molar-refractivity contribution is 5.69. The molecule has 3 aromatic rings. The summed E-state index contributed by atoms with van der Waals surface area (Å²) in [5.74, 6) is 1.28. The van der Waals surface area contributed by atoms with Gasteiger partial charge < -0.3 is 9.30 Å². The highest BCUT2D eigenvalue weighted by Gasteiger charge is 2.14. The Balaban J connectivity index is 1.80. The zero-order valence-electron chi connectivity index (χ0n) is 15.8. The van der Waals surface area contributed by atoms with E-state index in [0.29, 0.717) is 30.2 Å². The van der Waals surface area contributed by atoms with E-state index < -0.39 is 0 Å². The monoisotopic (exact) mass is 356 g/mol. The van der Waals surface area contributed by atoms with Crippen molar-refractivity contribution in [3.05, 3.63) is 56.5 Å². The maximum atomic E-state index is 12.4. The van der Waals surface area contributed by atoms with Crippen molar-refractivity contribution in [2.24, 2.45) is 14.1 Å². The van der Waals surface area contributed by atoms with Crippen molar-refractivity contribution < 1.29 is 4.74 Å². The predicted molar refractivity (Wildman–Crippen MR) is 101 cm³/mol. The van der Waals surface area contributed by atoms with Gasteiger partial charge in [-0.05, 0) is 36.1 Å². The highest BCUT2D eigenvalue weighted by Crippen LogP contribution is 2.23. The second-order valence-electron chi connectivity index (χ2n) is 6.84. The molecule has 0 saturated carbocycles. The molecule has 0 unspecified atom stereocenters. The molecule has 0 bridgehead atoms. The second kappa shape index (κ2) is 6.82. The number of fused-ring (bicyclic) bond motifs is 1. The van der Waals surface area contributed by atoms with E-state index in [2.05, 4.69) is 31.8 Å². The summed E-state index contributed by atoms with van der Waals surface area (Å²) in [6.45, 7) is 7.28. The van der Waals surface area contributed by atoms with E-state index in [9.17, 15) is 9.59 Å². The molecule has 2 heterocycles. The van der Waals surface area contributed by atoms with Gasteiger partial charge in [-0.2, -0.15) is 0 Å². The molecular weight excluding hydrogens is 332 g/mol. The van der Waals surface area contributed by atoms with Crippen LogP contribution in [0.15, 0.2) is 34.1 Å². The molecule has 1 aromatic carbocycles. The van der Waals surface area contributed by atoms with Crippen LogP contribution < -0.4 is 16.0 Å². The average Bonchev–Trinajstić information content (AvgIpc) is 3.02. The third-order valence-electron chi connectivity index (χ3n) is 4.68. The number of hydrogen-bond donors (Lipinski definition) is 0. The van der Waals surface area contributed by atoms with E-state index in [1.165, 1.54) is 22.7 Å². The van der Waals surface area contributed by atoms with E-state index >= 15 is 0 Å². The topological polar surface area (TPSA) is 71.1 Å². The Kier molecular flexibility index (Phi) is 4.71.